The summed E-state index contributed by atoms with van der Waals surface area (Å²) in [5, 5.41) is 48.0. The third-order valence-corrected chi connectivity index (χ3v) is 15.1. The quantitative estimate of drug-likeness (QED) is 0.00915. The predicted octanol–water partition coefficient (Wildman–Crippen LogP) is 10.7. The number of nitrogens with zero attached hydrogens (tertiary/aromatic N) is 10. The van der Waals surface area contributed by atoms with Crippen LogP contribution in [0.1, 0.15) is 63.9 Å². The first-order valence-corrected chi connectivity index (χ1v) is 28.7. The van der Waals surface area contributed by atoms with Gasteiger partial charge in [-0.1, -0.05) is 79.7 Å². The van der Waals surface area contributed by atoms with Crippen LogP contribution in [0.2, 0.25) is 0 Å². The SMILES string of the molecule is C=CCC1CC(=O)OC1=O.[C-]#[N+]c1c(N=Nc2ccc(N(CCOCCOC(=O)CC(CC=C)C(=O)[O-])Cc3ccccc3)cc2C)sc(C#N)c1C.[C-]#[N+]c1sc(N=Nc2ccc(N(CCOCCO)Cc3ccccc3)cc2C)c([N+]#[C-])c1C.[Na+]. The van der Waals surface area contributed by atoms with Gasteiger partial charge in [0.15, 0.2) is 0 Å². The number of rotatable bonds is 28. The van der Waals surface area contributed by atoms with Crippen LogP contribution >= 0.6 is 22.7 Å². The van der Waals surface area contributed by atoms with Gasteiger partial charge in [-0.05, 0) is 103 Å². The van der Waals surface area contributed by atoms with E-state index in [0.717, 1.165) is 45.9 Å². The van der Waals surface area contributed by atoms with Gasteiger partial charge < -0.3 is 43.8 Å². The number of anilines is 2. The summed E-state index contributed by atoms with van der Waals surface area (Å²) in [6, 6.07) is 34.1. The molecular weight excluding hydrogens is 1160 g/mol. The number of carbonyl (C=O) groups excluding carboxylic acids is 4. The Hall–Kier alpha value is -8.52. The molecule has 1 aliphatic heterocycles. The molecule has 1 saturated heterocycles. The van der Waals surface area contributed by atoms with Gasteiger partial charge in [-0.2, -0.15) is 25.7 Å². The van der Waals surface area contributed by atoms with E-state index in [-0.39, 0.29) is 74.6 Å². The number of aliphatic hydroxyl groups is 1. The Morgan fingerprint density at radius 2 is 1.29 bits per heavy atom. The fourth-order valence-corrected chi connectivity index (χ4v) is 10.1. The molecule has 2 atom stereocenters. The topological polar surface area (TPSA) is 241 Å². The predicted molar refractivity (Wildman–Crippen MR) is 329 cm³/mol. The summed E-state index contributed by atoms with van der Waals surface area (Å²) in [6.45, 7) is 40.4. The fraction of sp³-hybridized carbons (Fsp3) is 0.312. The van der Waals surface area contributed by atoms with Crippen molar-refractivity contribution < 1.29 is 77.9 Å². The van der Waals surface area contributed by atoms with E-state index in [0.29, 0.717) is 99.6 Å². The first-order valence-electron chi connectivity index (χ1n) is 27.1. The number of aliphatic hydroxyl groups excluding tert-OH is 1. The van der Waals surface area contributed by atoms with Gasteiger partial charge in [0.1, 0.15) is 22.7 Å². The first kappa shape index (κ1) is 71.0. The molecule has 0 bridgehead atoms. The number of esters is 3. The number of allylic oxidation sites excluding steroid dienone is 2. The summed E-state index contributed by atoms with van der Waals surface area (Å²) in [4.78, 5) is 59.6. The van der Waals surface area contributed by atoms with Crippen LogP contribution in [0.5, 0.6) is 0 Å². The number of thiophene rings is 2. The number of aryl methyl sites for hydroxylation is 2. The molecule has 0 saturated carbocycles. The molecular formula is C64H65N10NaO10S2. The fourth-order valence-electron chi connectivity index (χ4n) is 8.34. The van der Waals surface area contributed by atoms with Crippen LogP contribution in [-0.4, -0.2) is 81.7 Å². The molecule has 20 nitrogen and oxygen atoms in total. The van der Waals surface area contributed by atoms with Gasteiger partial charge in [0.05, 0.1) is 87.8 Å². The molecule has 1 aliphatic rings. The van der Waals surface area contributed by atoms with Crippen molar-refractivity contribution >= 4 is 95.7 Å². The molecule has 1 fully saturated rings. The van der Waals surface area contributed by atoms with Crippen molar-refractivity contribution in [3.63, 3.8) is 0 Å². The van der Waals surface area contributed by atoms with E-state index in [4.69, 9.17) is 39.0 Å². The summed E-state index contributed by atoms with van der Waals surface area (Å²) in [6.07, 6.45) is 3.65. The summed E-state index contributed by atoms with van der Waals surface area (Å²) in [5.41, 5.74) is 9.50. The Morgan fingerprint density at radius 3 is 1.74 bits per heavy atom. The Bertz CT molecular complexity index is 3550. The van der Waals surface area contributed by atoms with Gasteiger partial charge in [-0.15, -0.1) is 35.8 Å². The number of carbonyl (C=O) groups is 4. The molecule has 444 valence electrons. The smallest absolute Gasteiger partial charge is 0.550 e. The Morgan fingerprint density at radius 1 is 0.759 bits per heavy atom. The second kappa shape index (κ2) is 37.8. The molecule has 0 aliphatic carbocycles. The molecule has 7 rings (SSSR count). The molecule has 3 heterocycles. The maximum Gasteiger partial charge on any atom is 1.00 e. The summed E-state index contributed by atoms with van der Waals surface area (Å²) >= 11 is 2.34. The van der Waals surface area contributed by atoms with Crippen LogP contribution in [0.4, 0.5) is 49.1 Å². The van der Waals surface area contributed by atoms with Gasteiger partial charge in [0, 0.05) is 49.4 Å². The number of hydrogen-bond donors (Lipinski definition) is 1. The van der Waals surface area contributed by atoms with Gasteiger partial charge in [-0.3, -0.25) is 14.4 Å². The van der Waals surface area contributed by atoms with Crippen molar-refractivity contribution in [1.29, 1.82) is 5.26 Å². The third kappa shape index (κ3) is 22.4. The summed E-state index contributed by atoms with van der Waals surface area (Å²) in [5.74, 6) is -3.99. The van der Waals surface area contributed by atoms with Gasteiger partial charge in [0.25, 0.3) is 0 Å². The van der Waals surface area contributed by atoms with Crippen LogP contribution in [0, 0.1) is 70.6 Å². The zero-order valence-electron chi connectivity index (χ0n) is 49.3. The number of azo groups is 2. The average molecular weight is 1220 g/mol. The normalized spacial score (nSPS) is 12.6. The Labute approximate surface area is 537 Å². The number of cyclic esters (lactones) is 2. The van der Waals surface area contributed by atoms with E-state index >= 15 is 0 Å². The van der Waals surface area contributed by atoms with Crippen LogP contribution in [-0.2, 0) is 51.2 Å². The second-order valence-electron chi connectivity index (χ2n) is 19.1. The molecule has 1 N–H and O–H groups in total. The number of nitriles is 1. The van der Waals surface area contributed by atoms with Crippen molar-refractivity contribution in [1.82, 2.24) is 0 Å². The van der Waals surface area contributed by atoms with Crippen molar-refractivity contribution in [3.8, 4) is 6.07 Å². The minimum Gasteiger partial charge on any atom is -0.550 e. The van der Waals surface area contributed by atoms with Gasteiger partial charge >= 0.3 is 47.5 Å². The molecule has 2 unspecified atom stereocenters. The molecule has 6 aromatic rings. The largest absolute Gasteiger partial charge is 1.00 e. The van der Waals surface area contributed by atoms with E-state index < -0.39 is 29.8 Å². The van der Waals surface area contributed by atoms with Gasteiger partial charge in [0.2, 0.25) is 16.4 Å². The number of benzene rings is 4. The number of ether oxygens (including phenoxy) is 4. The molecule has 0 radical (unpaired) electrons. The van der Waals surface area contributed by atoms with Gasteiger partial charge in [-0.25, -0.2) is 14.5 Å². The average Bonchev–Trinajstić information content (AvgIpc) is 2.85. The number of hydrogen-bond acceptors (Lipinski definition) is 19. The third-order valence-electron chi connectivity index (χ3n) is 13.0. The Balaban J connectivity index is 0.000000324. The van der Waals surface area contributed by atoms with Crippen molar-refractivity contribution in [3.05, 3.63) is 195 Å². The molecule has 0 amide bonds. The van der Waals surface area contributed by atoms with Crippen LogP contribution in [0.25, 0.3) is 14.5 Å². The van der Waals surface area contributed by atoms with Crippen molar-refractivity contribution in [2.24, 2.45) is 32.3 Å². The molecule has 2 aromatic heterocycles. The zero-order chi connectivity index (χ0) is 62.4. The maximum atomic E-state index is 12.0. The first-order chi connectivity index (χ1) is 41.6. The summed E-state index contributed by atoms with van der Waals surface area (Å²) in [7, 11) is 0. The van der Waals surface area contributed by atoms with E-state index in [1.54, 1.807) is 19.9 Å². The molecule has 4 aromatic carbocycles. The second-order valence-corrected chi connectivity index (χ2v) is 21.1. The minimum atomic E-state index is -1.31. The van der Waals surface area contributed by atoms with Crippen LogP contribution < -0.4 is 44.5 Å². The number of carboxylic acids is 1. The number of carboxylic acid groups (broad SMARTS) is 1. The number of aliphatic carboxylic acids is 1. The van der Waals surface area contributed by atoms with Crippen molar-refractivity contribution in [2.75, 3.05) is 62.5 Å². The molecule has 23 heteroatoms. The van der Waals surface area contributed by atoms with E-state index in [1.807, 2.05) is 92.7 Å². The van der Waals surface area contributed by atoms with E-state index in [1.165, 1.54) is 23.0 Å². The van der Waals surface area contributed by atoms with Crippen molar-refractivity contribution in [2.45, 2.75) is 66.5 Å². The molecule has 0 spiro atoms. The monoisotopic (exact) mass is 1220 g/mol. The van der Waals surface area contributed by atoms with E-state index in [2.05, 4.69) is 87.0 Å². The zero-order valence-corrected chi connectivity index (χ0v) is 52.9. The van der Waals surface area contributed by atoms with E-state index in [9.17, 15) is 29.5 Å². The summed E-state index contributed by atoms with van der Waals surface area (Å²) < 4.78 is 20.6. The minimum absolute atomic E-state index is 0. The Kier molecular flexibility index (Phi) is 30.8. The van der Waals surface area contributed by atoms with Crippen LogP contribution in [0.15, 0.2) is 143 Å². The van der Waals surface area contributed by atoms with Crippen LogP contribution in [0.3, 0.4) is 0 Å². The standard InChI is InChI=1S/C32H33N5O5S.C25H25N5O2S.C7H8O3.Na/c1-5-9-25(32(39)40)19-29(38)42-17-16-41-15-14-37(21-24-10-7-6-8-11-24)26-12-13-27(22(2)18-26)35-36-31-30(34-4)23(3)28(20-33)43-31;1-18-16-21(30(12-14-32-15-13-31)17-20-8-6-5-7-9-20)10-11-22(18)28-29-25-23(26-3)19(2)24(27-4)33-25;1-2-3-5-4-6(8)10-7(5)9;/h5-8,10-13,18,25H,1,9,14-17,19,21H2,2-3H3,(H,39,40);5-11,16,31H,12-15,17H2,1-2H3;2,5H,1,3-4H2;/q;;;+1/p-1. The molecule has 87 heavy (non-hydrogen) atoms. The maximum absolute atomic E-state index is 12.0.